The molecular weight excluding hydrogens is 312 g/mol. The number of nitrogens with one attached hydrogen (secondary N) is 1. The molecule has 5 heteroatoms. The molecule has 0 aromatic heterocycles. The van der Waals surface area contributed by atoms with Gasteiger partial charge in [0.2, 0.25) is 0 Å². The van der Waals surface area contributed by atoms with Gasteiger partial charge < -0.3 is 10.1 Å². The topological polar surface area (TPSA) is 21.3 Å². The predicted octanol–water partition coefficient (Wildman–Crippen LogP) is 4.34. The maximum Gasteiger partial charge on any atom is 0.145 e. The molecule has 2 rings (SSSR count). The number of halogens is 3. The van der Waals surface area contributed by atoms with Crippen LogP contribution in [0.15, 0.2) is 42.5 Å². The van der Waals surface area contributed by atoms with E-state index in [1.54, 1.807) is 42.5 Å². The first kappa shape index (κ1) is 16.1. The standard InChI is InChI=1S/C16H16Cl2FNO/c1-20-13(9-11-3-2-4-15(18)16(11)19)10-21-14-7-5-12(17)6-8-14/h2-8,13,20H,9-10H2,1H3. The van der Waals surface area contributed by atoms with Gasteiger partial charge in [-0.25, -0.2) is 4.39 Å². The quantitative estimate of drug-likeness (QED) is 0.852. The van der Waals surface area contributed by atoms with Crippen molar-refractivity contribution in [2.24, 2.45) is 0 Å². The molecule has 0 saturated heterocycles. The van der Waals surface area contributed by atoms with Crippen LogP contribution in [0.3, 0.4) is 0 Å². The third-order valence-corrected chi connectivity index (χ3v) is 3.71. The van der Waals surface area contributed by atoms with E-state index in [9.17, 15) is 4.39 Å². The van der Waals surface area contributed by atoms with Crippen LogP contribution in [-0.2, 0) is 6.42 Å². The molecule has 0 spiro atoms. The molecule has 0 bridgehead atoms. The number of benzene rings is 2. The summed E-state index contributed by atoms with van der Waals surface area (Å²) >= 11 is 11.6. The summed E-state index contributed by atoms with van der Waals surface area (Å²) in [6, 6.07) is 12.1. The summed E-state index contributed by atoms with van der Waals surface area (Å²) in [5, 5.41) is 3.92. The summed E-state index contributed by atoms with van der Waals surface area (Å²) < 4.78 is 19.6. The van der Waals surface area contributed by atoms with Crippen molar-refractivity contribution in [1.29, 1.82) is 0 Å². The van der Waals surface area contributed by atoms with Crippen LogP contribution >= 0.6 is 23.2 Å². The minimum atomic E-state index is -0.370. The van der Waals surface area contributed by atoms with Crippen molar-refractivity contribution in [2.75, 3.05) is 13.7 Å². The number of ether oxygens (including phenoxy) is 1. The average molecular weight is 328 g/mol. The van der Waals surface area contributed by atoms with Gasteiger partial charge >= 0.3 is 0 Å². The Bertz CT molecular complexity index is 589. The van der Waals surface area contributed by atoms with Gasteiger partial charge in [-0.2, -0.15) is 0 Å². The fourth-order valence-electron chi connectivity index (χ4n) is 1.94. The maximum absolute atomic E-state index is 13.9. The van der Waals surface area contributed by atoms with E-state index in [0.29, 0.717) is 23.6 Å². The Morgan fingerprint density at radius 3 is 2.52 bits per heavy atom. The Balaban J connectivity index is 1.97. The van der Waals surface area contributed by atoms with Crippen LogP contribution in [0.5, 0.6) is 5.75 Å². The minimum Gasteiger partial charge on any atom is -0.492 e. The summed E-state index contributed by atoms with van der Waals surface area (Å²) in [4.78, 5) is 0. The van der Waals surface area contributed by atoms with Crippen molar-refractivity contribution in [3.8, 4) is 5.75 Å². The first-order valence-electron chi connectivity index (χ1n) is 6.58. The average Bonchev–Trinajstić information content (AvgIpc) is 2.49. The molecule has 0 amide bonds. The predicted molar refractivity (Wildman–Crippen MR) is 84.9 cm³/mol. The van der Waals surface area contributed by atoms with Gasteiger partial charge in [0.1, 0.15) is 18.2 Å². The molecule has 112 valence electrons. The molecule has 0 saturated carbocycles. The van der Waals surface area contributed by atoms with Gasteiger partial charge in [0.15, 0.2) is 0 Å². The second-order valence-corrected chi connectivity index (χ2v) is 5.51. The fourth-order valence-corrected chi connectivity index (χ4v) is 2.26. The second-order valence-electron chi connectivity index (χ2n) is 4.67. The Labute approximate surface area is 133 Å². The Hall–Kier alpha value is -1.29. The molecule has 1 atom stereocenters. The molecule has 2 nitrogen and oxygen atoms in total. The molecule has 0 heterocycles. The van der Waals surface area contributed by atoms with Gasteiger partial charge in [-0.15, -0.1) is 0 Å². The molecule has 0 aliphatic rings. The van der Waals surface area contributed by atoms with E-state index in [0.717, 1.165) is 5.75 Å². The van der Waals surface area contributed by atoms with E-state index in [1.165, 1.54) is 0 Å². The summed E-state index contributed by atoms with van der Waals surface area (Å²) in [5.41, 5.74) is 0.571. The van der Waals surface area contributed by atoms with Gasteiger partial charge in [0.25, 0.3) is 0 Å². The summed E-state index contributed by atoms with van der Waals surface area (Å²) in [6.07, 6.45) is 0.497. The van der Waals surface area contributed by atoms with Crippen LogP contribution in [0.4, 0.5) is 4.39 Å². The smallest absolute Gasteiger partial charge is 0.145 e. The van der Waals surface area contributed by atoms with E-state index in [1.807, 2.05) is 7.05 Å². The summed E-state index contributed by atoms with van der Waals surface area (Å²) in [6.45, 7) is 0.421. The van der Waals surface area contributed by atoms with Crippen molar-refractivity contribution in [3.63, 3.8) is 0 Å². The molecular formula is C16H16Cl2FNO. The minimum absolute atomic E-state index is 0.0198. The van der Waals surface area contributed by atoms with E-state index in [2.05, 4.69) is 5.32 Å². The van der Waals surface area contributed by atoms with Crippen LogP contribution in [0.25, 0.3) is 0 Å². The van der Waals surface area contributed by atoms with Crippen LogP contribution in [-0.4, -0.2) is 19.7 Å². The van der Waals surface area contributed by atoms with Crippen molar-refractivity contribution >= 4 is 23.2 Å². The molecule has 0 radical (unpaired) electrons. The Morgan fingerprint density at radius 2 is 1.86 bits per heavy atom. The van der Waals surface area contributed by atoms with E-state index in [-0.39, 0.29) is 16.9 Å². The zero-order valence-corrected chi connectivity index (χ0v) is 13.1. The van der Waals surface area contributed by atoms with Crippen LogP contribution in [0, 0.1) is 5.82 Å². The second kappa shape index (κ2) is 7.64. The third kappa shape index (κ3) is 4.60. The molecule has 2 aromatic carbocycles. The molecule has 0 aliphatic carbocycles. The van der Waals surface area contributed by atoms with E-state index < -0.39 is 0 Å². The summed E-state index contributed by atoms with van der Waals surface area (Å²) in [5.74, 6) is 0.358. The van der Waals surface area contributed by atoms with Gasteiger partial charge in [0.05, 0.1) is 5.02 Å². The van der Waals surface area contributed by atoms with Crippen molar-refractivity contribution in [1.82, 2.24) is 5.32 Å². The lowest BCUT2D eigenvalue weighted by Crippen LogP contribution is -2.34. The zero-order valence-electron chi connectivity index (χ0n) is 11.6. The lowest BCUT2D eigenvalue weighted by molar-refractivity contribution is 0.269. The van der Waals surface area contributed by atoms with Crippen molar-refractivity contribution in [3.05, 3.63) is 63.9 Å². The molecule has 1 N–H and O–H groups in total. The molecule has 2 aromatic rings. The SMILES string of the molecule is CNC(COc1ccc(Cl)cc1)Cc1cccc(Cl)c1F. The van der Waals surface area contributed by atoms with Crippen LogP contribution < -0.4 is 10.1 Å². The normalized spacial score (nSPS) is 12.2. The van der Waals surface area contributed by atoms with Crippen molar-refractivity contribution in [2.45, 2.75) is 12.5 Å². The highest BCUT2D eigenvalue weighted by Crippen LogP contribution is 2.20. The highest BCUT2D eigenvalue weighted by atomic mass is 35.5. The number of hydrogen-bond donors (Lipinski definition) is 1. The Morgan fingerprint density at radius 1 is 1.14 bits per heavy atom. The third-order valence-electron chi connectivity index (χ3n) is 3.17. The number of likely N-dealkylation sites (N-methyl/N-ethyl adjacent to an activating group) is 1. The van der Waals surface area contributed by atoms with E-state index in [4.69, 9.17) is 27.9 Å². The largest absolute Gasteiger partial charge is 0.492 e. The number of hydrogen-bond acceptors (Lipinski definition) is 2. The van der Waals surface area contributed by atoms with Gasteiger partial charge in [-0.1, -0.05) is 35.3 Å². The molecule has 0 fully saturated rings. The van der Waals surface area contributed by atoms with Gasteiger partial charge in [-0.3, -0.25) is 0 Å². The first-order chi connectivity index (χ1) is 10.1. The van der Waals surface area contributed by atoms with Gasteiger partial charge in [0, 0.05) is 11.1 Å². The van der Waals surface area contributed by atoms with Crippen LogP contribution in [0.1, 0.15) is 5.56 Å². The maximum atomic E-state index is 13.9. The lowest BCUT2D eigenvalue weighted by Gasteiger charge is -2.17. The number of rotatable bonds is 6. The summed E-state index contributed by atoms with van der Waals surface area (Å²) in [7, 11) is 1.82. The lowest BCUT2D eigenvalue weighted by atomic mass is 10.1. The van der Waals surface area contributed by atoms with E-state index >= 15 is 0 Å². The van der Waals surface area contributed by atoms with Crippen molar-refractivity contribution < 1.29 is 9.13 Å². The van der Waals surface area contributed by atoms with Crippen LogP contribution in [0.2, 0.25) is 10.0 Å². The van der Waals surface area contributed by atoms with Gasteiger partial charge in [-0.05, 0) is 49.4 Å². The Kier molecular flexibility index (Phi) is 5.85. The molecule has 21 heavy (non-hydrogen) atoms. The fraction of sp³-hybridized carbons (Fsp3) is 0.250. The molecule has 1 unspecified atom stereocenters. The first-order valence-corrected chi connectivity index (χ1v) is 7.34. The molecule has 0 aliphatic heterocycles. The highest BCUT2D eigenvalue weighted by Gasteiger charge is 2.13. The highest BCUT2D eigenvalue weighted by molar-refractivity contribution is 6.31. The zero-order chi connectivity index (χ0) is 15.2. The monoisotopic (exact) mass is 327 g/mol.